The van der Waals surface area contributed by atoms with Crippen LogP contribution in [-0.2, 0) is 10.0 Å². The average Bonchev–Trinajstić information content (AvgIpc) is 2.66. The Bertz CT molecular complexity index is 777. The van der Waals surface area contributed by atoms with Crippen LogP contribution in [0.25, 0.3) is 0 Å². The number of hydrogen-bond donors (Lipinski definition) is 1. The molecule has 0 aromatic heterocycles. The van der Waals surface area contributed by atoms with E-state index in [-0.39, 0.29) is 24.0 Å². The Morgan fingerprint density at radius 2 is 1.86 bits per heavy atom. The predicted molar refractivity (Wildman–Crippen MR) is 133 cm³/mol. The zero-order valence-corrected chi connectivity index (χ0v) is 21.5. The number of nitrogens with one attached hydrogen (secondary N) is 1. The van der Waals surface area contributed by atoms with E-state index in [0.717, 1.165) is 38.6 Å². The Labute approximate surface area is 193 Å². The van der Waals surface area contributed by atoms with Crippen molar-refractivity contribution in [2.75, 3.05) is 64.0 Å². The topological polar surface area (TPSA) is 68.2 Å². The summed E-state index contributed by atoms with van der Waals surface area (Å²) in [5.41, 5.74) is 4.00. The number of guanidine groups is 1. The SMILES string of the molecule is CCN(CCCNC(=NC)N1CCN(c2cccc(C)c2C)CC1)S(C)(=O)=O.I. The van der Waals surface area contributed by atoms with Crippen LogP contribution < -0.4 is 10.2 Å². The van der Waals surface area contributed by atoms with E-state index in [1.807, 2.05) is 6.92 Å². The molecule has 0 spiro atoms. The number of halogens is 1. The Morgan fingerprint density at radius 3 is 2.41 bits per heavy atom. The highest BCUT2D eigenvalue weighted by atomic mass is 127. The molecule has 7 nitrogen and oxygen atoms in total. The van der Waals surface area contributed by atoms with Crippen molar-refractivity contribution in [3.8, 4) is 0 Å². The maximum absolute atomic E-state index is 11.7. The van der Waals surface area contributed by atoms with E-state index in [0.29, 0.717) is 19.6 Å². The molecule has 0 radical (unpaired) electrons. The normalized spacial score (nSPS) is 15.4. The fourth-order valence-electron chi connectivity index (χ4n) is 3.58. The Morgan fingerprint density at radius 1 is 1.21 bits per heavy atom. The molecule has 29 heavy (non-hydrogen) atoms. The first-order chi connectivity index (χ1) is 13.3. The van der Waals surface area contributed by atoms with Gasteiger partial charge in [0.15, 0.2) is 5.96 Å². The van der Waals surface area contributed by atoms with Crippen LogP contribution in [0.5, 0.6) is 0 Å². The lowest BCUT2D eigenvalue weighted by atomic mass is 10.1. The maximum atomic E-state index is 11.7. The van der Waals surface area contributed by atoms with Crippen molar-refractivity contribution in [1.82, 2.24) is 14.5 Å². The Balaban J connectivity index is 0.00000420. The zero-order valence-electron chi connectivity index (χ0n) is 18.3. The van der Waals surface area contributed by atoms with Gasteiger partial charge in [-0.1, -0.05) is 19.1 Å². The minimum atomic E-state index is -3.12. The molecule has 2 rings (SSSR count). The molecule has 0 amide bonds. The Hall–Kier alpha value is -1.07. The van der Waals surface area contributed by atoms with Crippen LogP contribution in [0.3, 0.4) is 0 Å². The molecule has 1 N–H and O–H groups in total. The molecule has 0 saturated carbocycles. The number of piperazine rings is 1. The van der Waals surface area contributed by atoms with Crippen LogP contribution >= 0.6 is 24.0 Å². The van der Waals surface area contributed by atoms with Crippen LogP contribution in [-0.4, -0.2) is 82.7 Å². The number of benzene rings is 1. The lowest BCUT2D eigenvalue weighted by Crippen LogP contribution is -2.53. The van der Waals surface area contributed by atoms with Crippen LogP contribution in [0.4, 0.5) is 5.69 Å². The highest BCUT2D eigenvalue weighted by Crippen LogP contribution is 2.23. The molecule has 1 heterocycles. The number of aryl methyl sites for hydroxylation is 1. The molecule has 1 fully saturated rings. The van der Waals surface area contributed by atoms with Crippen molar-refractivity contribution in [2.24, 2.45) is 4.99 Å². The smallest absolute Gasteiger partial charge is 0.211 e. The number of sulfonamides is 1. The van der Waals surface area contributed by atoms with Gasteiger partial charge in [-0.2, -0.15) is 0 Å². The first kappa shape index (κ1) is 26.0. The molecule has 1 aliphatic rings. The third-order valence-corrected chi connectivity index (χ3v) is 6.78. The van der Waals surface area contributed by atoms with Crippen LogP contribution in [0.2, 0.25) is 0 Å². The number of nitrogens with zero attached hydrogens (tertiary/aromatic N) is 4. The third kappa shape index (κ3) is 7.29. The van der Waals surface area contributed by atoms with E-state index in [2.05, 4.69) is 52.2 Å². The highest BCUT2D eigenvalue weighted by Gasteiger charge is 2.21. The van der Waals surface area contributed by atoms with Gasteiger partial charge in [0.1, 0.15) is 0 Å². The van der Waals surface area contributed by atoms with E-state index < -0.39 is 10.0 Å². The third-order valence-electron chi connectivity index (χ3n) is 5.40. The van der Waals surface area contributed by atoms with Crippen molar-refractivity contribution in [3.63, 3.8) is 0 Å². The molecule has 0 bridgehead atoms. The average molecular weight is 538 g/mol. The molecule has 1 aromatic carbocycles. The first-order valence-corrected chi connectivity index (χ1v) is 11.8. The quantitative estimate of drug-likeness (QED) is 0.250. The number of anilines is 1. The predicted octanol–water partition coefficient (Wildman–Crippen LogP) is 2.29. The summed E-state index contributed by atoms with van der Waals surface area (Å²) in [7, 11) is -1.32. The van der Waals surface area contributed by atoms with Crippen molar-refractivity contribution in [1.29, 1.82) is 0 Å². The van der Waals surface area contributed by atoms with Gasteiger partial charge in [0.2, 0.25) is 10.0 Å². The van der Waals surface area contributed by atoms with E-state index in [4.69, 9.17) is 0 Å². The molecule has 9 heteroatoms. The summed E-state index contributed by atoms with van der Waals surface area (Å²) in [6, 6.07) is 6.48. The highest BCUT2D eigenvalue weighted by molar-refractivity contribution is 14.0. The van der Waals surface area contributed by atoms with E-state index >= 15 is 0 Å². The van der Waals surface area contributed by atoms with Crippen LogP contribution in [0.15, 0.2) is 23.2 Å². The number of rotatable bonds is 7. The second-order valence-electron chi connectivity index (χ2n) is 7.28. The minimum absolute atomic E-state index is 0. The second-order valence-corrected chi connectivity index (χ2v) is 9.26. The number of aliphatic imine (C=N–C) groups is 1. The molecular weight excluding hydrogens is 501 g/mol. The molecular formula is C20H36IN5O2S. The fraction of sp³-hybridized carbons (Fsp3) is 0.650. The van der Waals surface area contributed by atoms with Gasteiger partial charge in [0.05, 0.1) is 6.26 Å². The van der Waals surface area contributed by atoms with Gasteiger partial charge in [-0.3, -0.25) is 4.99 Å². The van der Waals surface area contributed by atoms with E-state index in [1.54, 1.807) is 7.05 Å². The molecule has 0 aliphatic carbocycles. The second kappa shape index (κ2) is 11.9. The molecule has 1 saturated heterocycles. The van der Waals surface area contributed by atoms with Crippen molar-refractivity contribution >= 4 is 45.6 Å². The molecule has 1 aliphatic heterocycles. The van der Waals surface area contributed by atoms with Gasteiger partial charge >= 0.3 is 0 Å². The van der Waals surface area contributed by atoms with Gasteiger partial charge < -0.3 is 15.1 Å². The molecule has 0 atom stereocenters. The molecule has 0 unspecified atom stereocenters. The van der Waals surface area contributed by atoms with Gasteiger partial charge in [-0.15, -0.1) is 24.0 Å². The largest absolute Gasteiger partial charge is 0.368 e. The standard InChI is InChI=1S/C20H35N5O2S.HI/c1-6-25(28(5,26)27)12-8-11-22-20(21-4)24-15-13-23(14-16-24)19-10-7-9-17(2)18(19)3;/h7,9-10H,6,8,11-16H2,1-5H3,(H,21,22);1H. The fourth-order valence-corrected chi connectivity index (χ4v) is 4.51. The van der Waals surface area contributed by atoms with Crippen molar-refractivity contribution in [3.05, 3.63) is 29.3 Å². The van der Waals surface area contributed by atoms with Gasteiger partial charge in [0.25, 0.3) is 0 Å². The van der Waals surface area contributed by atoms with Gasteiger partial charge in [-0.05, 0) is 37.5 Å². The monoisotopic (exact) mass is 537 g/mol. The minimum Gasteiger partial charge on any atom is -0.368 e. The van der Waals surface area contributed by atoms with Gasteiger partial charge in [0, 0.05) is 58.5 Å². The molecule has 1 aromatic rings. The van der Waals surface area contributed by atoms with E-state index in [9.17, 15) is 8.42 Å². The van der Waals surface area contributed by atoms with Crippen LogP contribution in [0, 0.1) is 13.8 Å². The van der Waals surface area contributed by atoms with Crippen molar-refractivity contribution < 1.29 is 8.42 Å². The Kier molecular flexibility index (Phi) is 10.7. The zero-order chi connectivity index (χ0) is 20.7. The summed E-state index contributed by atoms with van der Waals surface area (Å²) in [5.74, 6) is 0.892. The van der Waals surface area contributed by atoms with E-state index in [1.165, 1.54) is 27.4 Å². The maximum Gasteiger partial charge on any atom is 0.211 e. The summed E-state index contributed by atoms with van der Waals surface area (Å²) in [5, 5.41) is 3.38. The first-order valence-electron chi connectivity index (χ1n) is 9.99. The lowest BCUT2D eigenvalue weighted by molar-refractivity contribution is 0.370. The summed E-state index contributed by atoms with van der Waals surface area (Å²) in [4.78, 5) is 9.12. The lowest BCUT2D eigenvalue weighted by Gasteiger charge is -2.38. The van der Waals surface area contributed by atoms with Crippen LogP contribution in [0.1, 0.15) is 24.5 Å². The molecule has 166 valence electrons. The number of hydrogen-bond acceptors (Lipinski definition) is 4. The summed E-state index contributed by atoms with van der Waals surface area (Å²) in [6.07, 6.45) is 2.01. The van der Waals surface area contributed by atoms with Gasteiger partial charge in [-0.25, -0.2) is 12.7 Å². The summed E-state index contributed by atoms with van der Waals surface area (Å²) >= 11 is 0. The van der Waals surface area contributed by atoms with Crippen molar-refractivity contribution in [2.45, 2.75) is 27.2 Å². The summed E-state index contributed by atoms with van der Waals surface area (Å²) < 4.78 is 24.8. The summed E-state index contributed by atoms with van der Waals surface area (Å²) in [6.45, 7) is 11.7.